The third kappa shape index (κ3) is 3.17. The molecule has 102 valence electrons. The molecule has 1 aromatic heterocycles. The van der Waals surface area contributed by atoms with Gasteiger partial charge in [0.25, 0.3) is 5.91 Å². The second-order valence-corrected chi connectivity index (χ2v) is 3.89. The minimum Gasteiger partial charge on any atom is -0.465 e. The van der Waals surface area contributed by atoms with E-state index in [1.165, 1.54) is 25.4 Å². The van der Waals surface area contributed by atoms with Crippen molar-refractivity contribution in [1.82, 2.24) is 4.98 Å². The maximum Gasteiger partial charge on any atom is 0.337 e. The summed E-state index contributed by atoms with van der Waals surface area (Å²) in [5.74, 6) is -1.73. The second-order valence-electron chi connectivity index (χ2n) is 3.89. The molecule has 0 bridgehead atoms. The Morgan fingerprint density at radius 3 is 2.70 bits per heavy atom. The Bertz CT molecular complexity index is 658. The third-order valence-electron chi connectivity index (χ3n) is 2.53. The Morgan fingerprint density at radius 2 is 2.00 bits per heavy atom. The quantitative estimate of drug-likeness (QED) is 0.688. The highest BCUT2D eigenvalue weighted by molar-refractivity contribution is 6.04. The number of benzene rings is 1. The largest absolute Gasteiger partial charge is 0.465 e. The lowest BCUT2D eigenvalue weighted by Gasteiger charge is -2.06. The number of hydrogen-bond acceptors (Lipinski definition) is 4. The SMILES string of the molecule is COC(=O)c1cccc(NC(=O)c2ccnc(F)c2)c1. The summed E-state index contributed by atoms with van der Waals surface area (Å²) in [6.45, 7) is 0. The smallest absolute Gasteiger partial charge is 0.337 e. The van der Waals surface area contributed by atoms with Gasteiger partial charge in [-0.1, -0.05) is 6.07 Å². The summed E-state index contributed by atoms with van der Waals surface area (Å²) < 4.78 is 17.5. The van der Waals surface area contributed by atoms with E-state index in [0.29, 0.717) is 11.3 Å². The lowest BCUT2D eigenvalue weighted by Crippen LogP contribution is -2.13. The van der Waals surface area contributed by atoms with Gasteiger partial charge in [-0.3, -0.25) is 4.79 Å². The van der Waals surface area contributed by atoms with Gasteiger partial charge in [0.1, 0.15) is 0 Å². The van der Waals surface area contributed by atoms with Crippen molar-refractivity contribution >= 4 is 17.6 Å². The summed E-state index contributed by atoms with van der Waals surface area (Å²) in [6, 6.07) is 8.67. The molecule has 0 aliphatic rings. The van der Waals surface area contributed by atoms with Crippen LogP contribution in [0.5, 0.6) is 0 Å². The van der Waals surface area contributed by atoms with Crippen molar-refractivity contribution in [2.45, 2.75) is 0 Å². The van der Waals surface area contributed by atoms with Crippen LogP contribution in [0.1, 0.15) is 20.7 Å². The molecule has 0 fully saturated rings. The van der Waals surface area contributed by atoms with Crippen LogP contribution >= 0.6 is 0 Å². The van der Waals surface area contributed by atoms with E-state index in [0.717, 1.165) is 6.07 Å². The van der Waals surface area contributed by atoms with Crippen LogP contribution in [0.2, 0.25) is 0 Å². The van der Waals surface area contributed by atoms with Crippen molar-refractivity contribution < 1.29 is 18.7 Å². The maximum atomic E-state index is 12.9. The minimum atomic E-state index is -0.735. The topological polar surface area (TPSA) is 68.3 Å². The Morgan fingerprint density at radius 1 is 1.20 bits per heavy atom. The van der Waals surface area contributed by atoms with E-state index in [1.807, 2.05) is 0 Å². The third-order valence-corrected chi connectivity index (χ3v) is 2.53. The lowest BCUT2D eigenvalue weighted by atomic mass is 10.2. The van der Waals surface area contributed by atoms with Gasteiger partial charge < -0.3 is 10.1 Å². The summed E-state index contributed by atoms with van der Waals surface area (Å²) in [5, 5.41) is 2.56. The average molecular weight is 274 g/mol. The standard InChI is InChI=1S/C14H11FN2O3/c1-20-14(19)10-3-2-4-11(7-10)17-13(18)9-5-6-16-12(15)8-9/h2-8H,1H3,(H,17,18). The van der Waals surface area contributed by atoms with Crippen molar-refractivity contribution in [2.75, 3.05) is 12.4 Å². The van der Waals surface area contributed by atoms with Gasteiger partial charge in [-0.25, -0.2) is 9.78 Å². The number of halogens is 1. The van der Waals surface area contributed by atoms with E-state index in [-0.39, 0.29) is 5.56 Å². The maximum absolute atomic E-state index is 12.9. The van der Waals surface area contributed by atoms with Gasteiger partial charge in [-0.05, 0) is 24.3 Å². The minimum absolute atomic E-state index is 0.140. The molecule has 0 aliphatic heterocycles. The number of nitrogens with zero attached hydrogens (tertiary/aromatic N) is 1. The number of esters is 1. The molecule has 0 unspecified atom stereocenters. The zero-order valence-corrected chi connectivity index (χ0v) is 10.6. The second kappa shape index (κ2) is 5.92. The number of carbonyl (C=O) groups is 2. The fourth-order valence-electron chi connectivity index (χ4n) is 1.59. The summed E-state index contributed by atoms with van der Waals surface area (Å²) in [4.78, 5) is 26.6. The average Bonchev–Trinajstić information content (AvgIpc) is 2.46. The fourth-order valence-corrected chi connectivity index (χ4v) is 1.59. The molecule has 5 nitrogen and oxygen atoms in total. The molecule has 0 spiro atoms. The number of hydrogen-bond donors (Lipinski definition) is 1. The van der Waals surface area contributed by atoms with E-state index >= 15 is 0 Å². The molecule has 2 aromatic rings. The molecular weight excluding hydrogens is 263 g/mol. The first kappa shape index (κ1) is 13.7. The first-order valence-electron chi connectivity index (χ1n) is 5.71. The van der Waals surface area contributed by atoms with Crippen molar-refractivity contribution in [1.29, 1.82) is 0 Å². The predicted molar refractivity (Wildman–Crippen MR) is 69.9 cm³/mol. The van der Waals surface area contributed by atoms with E-state index in [4.69, 9.17) is 0 Å². The number of pyridine rings is 1. The molecule has 0 radical (unpaired) electrons. The molecule has 1 amide bonds. The Kier molecular flexibility index (Phi) is 4.05. The van der Waals surface area contributed by atoms with Gasteiger partial charge in [0, 0.05) is 23.5 Å². The van der Waals surface area contributed by atoms with Crippen LogP contribution in [0.3, 0.4) is 0 Å². The number of anilines is 1. The van der Waals surface area contributed by atoms with Gasteiger partial charge in [-0.2, -0.15) is 4.39 Å². The molecule has 2 rings (SSSR count). The van der Waals surface area contributed by atoms with Crippen LogP contribution in [-0.4, -0.2) is 24.0 Å². The monoisotopic (exact) mass is 274 g/mol. The van der Waals surface area contributed by atoms with Gasteiger partial charge in [0.05, 0.1) is 12.7 Å². The van der Waals surface area contributed by atoms with Crippen molar-refractivity contribution in [2.24, 2.45) is 0 Å². The molecule has 1 N–H and O–H groups in total. The summed E-state index contributed by atoms with van der Waals surface area (Å²) in [6.07, 6.45) is 1.20. The lowest BCUT2D eigenvalue weighted by molar-refractivity contribution is 0.0600. The first-order chi connectivity index (χ1) is 9.60. The van der Waals surface area contributed by atoms with Crippen molar-refractivity contribution in [3.05, 3.63) is 59.7 Å². The molecule has 0 saturated heterocycles. The number of methoxy groups -OCH3 is 1. The Hall–Kier alpha value is -2.76. The van der Waals surface area contributed by atoms with Gasteiger partial charge in [-0.15, -0.1) is 0 Å². The first-order valence-corrected chi connectivity index (χ1v) is 5.71. The van der Waals surface area contributed by atoms with Crippen LogP contribution in [0.4, 0.5) is 10.1 Å². The van der Waals surface area contributed by atoms with Crippen molar-refractivity contribution in [3.8, 4) is 0 Å². The molecule has 6 heteroatoms. The zero-order chi connectivity index (χ0) is 14.5. The van der Waals surface area contributed by atoms with Crippen LogP contribution < -0.4 is 5.32 Å². The molecule has 1 heterocycles. The van der Waals surface area contributed by atoms with Crippen LogP contribution in [0, 0.1) is 5.95 Å². The number of aromatic nitrogens is 1. The highest BCUT2D eigenvalue weighted by Gasteiger charge is 2.10. The molecule has 0 aliphatic carbocycles. The van der Waals surface area contributed by atoms with E-state index in [9.17, 15) is 14.0 Å². The fraction of sp³-hybridized carbons (Fsp3) is 0.0714. The number of nitrogens with one attached hydrogen (secondary N) is 1. The highest BCUT2D eigenvalue weighted by atomic mass is 19.1. The number of carbonyl (C=O) groups excluding carboxylic acids is 2. The summed E-state index contributed by atoms with van der Waals surface area (Å²) >= 11 is 0. The highest BCUT2D eigenvalue weighted by Crippen LogP contribution is 2.13. The zero-order valence-electron chi connectivity index (χ0n) is 10.6. The summed E-state index contributed by atoms with van der Waals surface area (Å²) in [5.41, 5.74) is 0.863. The van der Waals surface area contributed by atoms with Gasteiger partial charge in [0.2, 0.25) is 5.95 Å². The molecule has 0 atom stereocenters. The van der Waals surface area contributed by atoms with Crippen LogP contribution in [0.15, 0.2) is 42.6 Å². The molecule has 0 saturated carbocycles. The Balaban J connectivity index is 2.18. The van der Waals surface area contributed by atoms with Crippen LogP contribution in [0.25, 0.3) is 0 Å². The van der Waals surface area contributed by atoms with Gasteiger partial charge in [0.15, 0.2) is 0 Å². The van der Waals surface area contributed by atoms with E-state index in [2.05, 4.69) is 15.0 Å². The molecular formula is C14H11FN2O3. The van der Waals surface area contributed by atoms with Gasteiger partial charge >= 0.3 is 5.97 Å². The summed E-state index contributed by atoms with van der Waals surface area (Å²) in [7, 11) is 1.27. The Labute approximate surface area is 114 Å². The molecule has 1 aromatic carbocycles. The number of ether oxygens (including phenoxy) is 1. The predicted octanol–water partition coefficient (Wildman–Crippen LogP) is 2.26. The van der Waals surface area contributed by atoms with Crippen molar-refractivity contribution in [3.63, 3.8) is 0 Å². The number of amides is 1. The van der Waals surface area contributed by atoms with E-state index in [1.54, 1.807) is 18.2 Å². The normalized spacial score (nSPS) is 9.90. The number of rotatable bonds is 3. The van der Waals surface area contributed by atoms with Crippen LogP contribution in [-0.2, 0) is 4.74 Å². The van der Waals surface area contributed by atoms with E-state index < -0.39 is 17.8 Å². The molecule has 20 heavy (non-hydrogen) atoms.